The van der Waals surface area contributed by atoms with Crippen LogP contribution in [0.5, 0.6) is 0 Å². The number of fused-ring (bicyclic) bond motifs is 16. The van der Waals surface area contributed by atoms with Crippen LogP contribution in [0.4, 0.5) is 0 Å². The first-order chi connectivity index (χ1) is 35.0. The number of hydrogen-bond acceptors (Lipinski definition) is 2. The summed E-state index contributed by atoms with van der Waals surface area (Å²) in [6.07, 6.45) is 0. The smallest absolute Gasteiger partial charge is 0.104 e. The van der Waals surface area contributed by atoms with Gasteiger partial charge in [-0.15, -0.1) is 0 Å². The van der Waals surface area contributed by atoms with E-state index in [4.69, 9.17) is 0 Å². The number of hydrogen-bond donors (Lipinski definition) is 0. The number of aromatic nitrogens is 4. The van der Waals surface area contributed by atoms with Gasteiger partial charge in [-0.05, 0) is 59.2 Å². The Hall–Kier alpha value is -9.62. The van der Waals surface area contributed by atoms with Crippen molar-refractivity contribution in [2.24, 2.45) is 0 Å². The van der Waals surface area contributed by atoms with Crippen molar-refractivity contribution in [3.05, 3.63) is 229 Å². The van der Waals surface area contributed by atoms with Crippen LogP contribution >= 0.6 is 0 Å². The van der Waals surface area contributed by atoms with E-state index in [1.54, 1.807) is 0 Å². The standard InChI is InChI=1S/C65H40N6/c1-65(2)50-27-11-3-26-47(50)59-51(65)36-35-46-45-25-10-18-34-58(45)71(61(46)59)60-48(37-66)62(68-52-28-12-4-19-39(52)40-20-5-13-29-53(40)68)64(70-56-32-16-8-23-43(56)44-24-9-17-33-57(44)70)63(49(60)38-67)69-54-30-14-6-21-41(54)42-22-7-15-31-55(42)69/h3-36H,1-2H3. The second-order valence-electron chi connectivity index (χ2n) is 19.4. The third-order valence-corrected chi connectivity index (χ3v) is 15.6. The minimum atomic E-state index is -0.305. The average Bonchev–Trinajstić information content (AvgIpc) is 4.19. The van der Waals surface area contributed by atoms with Crippen molar-refractivity contribution >= 4 is 87.2 Å². The van der Waals surface area contributed by atoms with Gasteiger partial charge in [-0.25, -0.2) is 0 Å². The average molecular weight is 905 g/mol. The van der Waals surface area contributed by atoms with Crippen molar-refractivity contribution in [2.75, 3.05) is 0 Å². The van der Waals surface area contributed by atoms with E-state index in [2.05, 4.69) is 251 Å². The largest absolute Gasteiger partial charge is 0.306 e. The highest BCUT2D eigenvalue weighted by molar-refractivity contribution is 6.18. The van der Waals surface area contributed by atoms with Gasteiger partial charge in [-0.2, -0.15) is 10.5 Å². The molecule has 0 fully saturated rings. The van der Waals surface area contributed by atoms with Crippen LogP contribution in [0.1, 0.15) is 36.1 Å². The summed E-state index contributed by atoms with van der Waals surface area (Å²) in [4.78, 5) is 0. The lowest BCUT2D eigenvalue weighted by atomic mass is 9.82. The van der Waals surface area contributed by atoms with Gasteiger partial charge in [0, 0.05) is 54.1 Å². The zero-order chi connectivity index (χ0) is 47.3. The van der Waals surface area contributed by atoms with Crippen molar-refractivity contribution < 1.29 is 0 Å². The highest BCUT2D eigenvalue weighted by Gasteiger charge is 2.39. The van der Waals surface area contributed by atoms with E-state index in [1.807, 2.05) is 0 Å². The summed E-state index contributed by atoms with van der Waals surface area (Å²) >= 11 is 0. The van der Waals surface area contributed by atoms with Crippen LogP contribution in [0.15, 0.2) is 206 Å². The first kappa shape index (κ1) is 39.4. The maximum Gasteiger partial charge on any atom is 0.104 e. The fraction of sp³-hybridized carbons (Fsp3) is 0.0462. The van der Waals surface area contributed by atoms with Crippen molar-refractivity contribution in [2.45, 2.75) is 19.3 Å². The molecule has 6 nitrogen and oxygen atoms in total. The molecule has 4 aromatic heterocycles. The van der Waals surface area contributed by atoms with Gasteiger partial charge in [-0.3, -0.25) is 0 Å². The Bertz CT molecular complexity index is 4450. The molecule has 4 heterocycles. The Labute approximate surface area is 407 Å². The van der Waals surface area contributed by atoms with Crippen LogP contribution in [0.25, 0.3) is 121 Å². The molecule has 15 rings (SSSR count). The van der Waals surface area contributed by atoms with Gasteiger partial charge in [0.25, 0.3) is 0 Å². The maximum atomic E-state index is 12.6. The van der Waals surface area contributed by atoms with E-state index < -0.39 is 0 Å². The topological polar surface area (TPSA) is 67.3 Å². The molecule has 0 saturated heterocycles. The van der Waals surface area contributed by atoms with Crippen molar-refractivity contribution in [1.82, 2.24) is 18.3 Å². The fourth-order valence-corrected chi connectivity index (χ4v) is 12.7. The molecule has 0 spiro atoms. The highest BCUT2D eigenvalue weighted by atomic mass is 15.1. The molecule has 330 valence electrons. The molecular weight excluding hydrogens is 865 g/mol. The van der Waals surface area contributed by atoms with Crippen LogP contribution < -0.4 is 0 Å². The molecule has 1 aliphatic rings. The molecule has 1 aliphatic carbocycles. The third-order valence-electron chi connectivity index (χ3n) is 15.6. The second-order valence-corrected chi connectivity index (χ2v) is 19.4. The molecule has 0 bridgehead atoms. The normalized spacial score (nSPS) is 13.0. The van der Waals surface area contributed by atoms with Gasteiger partial charge in [0.1, 0.15) is 23.3 Å². The van der Waals surface area contributed by atoms with Gasteiger partial charge >= 0.3 is 0 Å². The minimum Gasteiger partial charge on any atom is -0.306 e. The summed E-state index contributed by atoms with van der Waals surface area (Å²) < 4.78 is 9.22. The fourth-order valence-electron chi connectivity index (χ4n) is 12.7. The van der Waals surface area contributed by atoms with E-state index in [0.29, 0.717) is 28.2 Å². The zero-order valence-corrected chi connectivity index (χ0v) is 38.8. The molecule has 71 heavy (non-hydrogen) atoms. The number of nitrogens with zero attached hydrogens (tertiary/aromatic N) is 6. The molecule has 0 amide bonds. The predicted octanol–water partition coefficient (Wildman–Crippen LogP) is 16.1. The quantitative estimate of drug-likeness (QED) is 0.177. The number of nitriles is 2. The monoisotopic (exact) mass is 904 g/mol. The van der Waals surface area contributed by atoms with E-state index in [1.165, 1.54) is 11.1 Å². The Morgan fingerprint density at radius 2 is 0.634 bits per heavy atom. The molecule has 0 aliphatic heterocycles. The van der Waals surface area contributed by atoms with Crippen molar-refractivity contribution in [3.63, 3.8) is 0 Å². The van der Waals surface area contributed by atoms with E-state index in [0.717, 1.165) is 104 Å². The summed E-state index contributed by atoms with van der Waals surface area (Å²) in [6, 6.07) is 78.7. The molecule has 10 aromatic carbocycles. The van der Waals surface area contributed by atoms with Crippen LogP contribution in [0, 0.1) is 22.7 Å². The second kappa shape index (κ2) is 14.2. The predicted molar refractivity (Wildman–Crippen MR) is 291 cm³/mol. The van der Waals surface area contributed by atoms with Crippen LogP contribution in [0.3, 0.4) is 0 Å². The summed E-state index contributed by atoms with van der Waals surface area (Å²) in [7, 11) is 0. The number of rotatable bonds is 4. The first-order valence-corrected chi connectivity index (χ1v) is 24.2. The van der Waals surface area contributed by atoms with Gasteiger partial charge in [0.15, 0.2) is 0 Å². The molecule has 0 atom stereocenters. The zero-order valence-electron chi connectivity index (χ0n) is 38.8. The van der Waals surface area contributed by atoms with Crippen LogP contribution in [-0.2, 0) is 5.41 Å². The molecule has 0 radical (unpaired) electrons. The van der Waals surface area contributed by atoms with Gasteiger partial charge in [-0.1, -0.05) is 178 Å². The van der Waals surface area contributed by atoms with Gasteiger partial charge in [0.05, 0.1) is 66.9 Å². The summed E-state index contributed by atoms with van der Waals surface area (Å²) in [5, 5.41) is 33.6. The van der Waals surface area contributed by atoms with Crippen LogP contribution in [0.2, 0.25) is 0 Å². The van der Waals surface area contributed by atoms with Gasteiger partial charge in [0.2, 0.25) is 0 Å². The lowest BCUT2D eigenvalue weighted by Crippen LogP contribution is -2.17. The summed E-state index contributed by atoms with van der Waals surface area (Å²) in [5.74, 6) is 0. The Kier molecular flexibility index (Phi) is 7.88. The van der Waals surface area contributed by atoms with Crippen molar-refractivity contribution in [1.29, 1.82) is 10.5 Å². The minimum absolute atomic E-state index is 0.305. The molecule has 14 aromatic rings. The molecular formula is C65H40N6. The molecule has 0 N–H and O–H groups in total. The van der Waals surface area contributed by atoms with Crippen molar-refractivity contribution in [3.8, 4) is 46.0 Å². The lowest BCUT2D eigenvalue weighted by molar-refractivity contribution is 0.661. The third kappa shape index (κ3) is 4.98. The number of para-hydroxylation sites is 7. The van der Waals surface area contributed by atoms with E-state index >= 15 is 0 Å². The van der Waals surface area contributed by atoms with E-state index in [-0.39, 0.29) is 5.41 Å². The SMILES string of the molecule is CC1(C)c2ccccc2-c2c1ccc1c3ccccc3n(-c3c(C#N)c(-n4c5ccccc5c5ccccc54)c(-n4c5ccccc5c5ccccc54)c(-n4c5ccccc5c5ccccc54)c3C#N)c21. The highest BCUT2D eigenvalue weighted by Crippen LogP contribution is 2.55. The molecule has 0 unspecified atom stereocenters. The summed E-state index contributed by atoms with van der Waals surface area (Å²) in [5.41, 5.74) is 15.5. The Morgan fingerprint density at radius 1 is 0.310 bits per heavy atom. The Balaban J connectivity index is 1.29. The lowest BCUT2D eigenvalue weighted by Gasteiger charge is -2.27. The number of benzene rings is 10. The maximum absolute atomic E-state index is 12.6. The molecule has 0 saturated carbocycles. The Morgan fingerprint density at radius 3 is 1.03 bits per heavy atom. The van der Waals surface area contributed by atoms with Gasteiger partial charge < -0.3 is 18.3 Å². The first-order valence-electron chi connectivity index (χ1n) is 24.2. The molecule has 6 heteroatoms. The van der Waals surface area contributed by atoms with E-state index in [9.17, 15) is 10.5 Å². The summed E-state index contributed by atoms with van der Waals surface area (Å²) in [6.45, 7) is 4.61. The van der Waals surface area contributed by atoms with Crippen LogP contribution in [-0.4, -0.2) is 18.3 Å².